The van der Waals surface area contributed by atoms with E-state index in [-0.39, 0.29) is 24.0 Å². The van der Waals surface area contributed by atoms with Gasteiger partial charge in [-0.25, -0.2) is 9.98 Å². The summed E-state index contributed by atoms with van der Waals surface area (Å²) < 4.78 is 0. The van der Waals surface area contributed by atoms with Crippen LogP contribution in [0.15, 0.2) is 4.99 Å². The lowest BCUT2D eigenvalue weighted by molar-refractivity contribution is 0.481. The number of halogens is 1. The quantitative estimate of drug-likeness (QED) is 0.444. The molecule has 4 nitrogen and oxygen atoms in total. The fraction of sp³-hybridized carbons (Fsp3) is 0.714. The number of thiazole rings is 1. The second-order valence-corrected chi connectivity index (χ2v) is 6.41. The maximum atomic E-state index is 4.60. The van der Waals surface area contributed by atoms with Crippen molar-refractivity contribution in [2.75, 3.05) is 6.54 Å². The smallest absolute Gasteiger partial charge is 0.191 e. The number of aromatic nitrogens is 1. The monoisotopic (exact) mass is 410 g/mol. The first-order chi connectivity index (χ1) is 8.93. The third-order valence-corrected chi connectivity index (χ3v) is 4.21. The minimum absolute atomic E-state index is 0. The average molecular weight is 410 g/mol. The molecule has 0 spiro atoms. The summed E-state index contributed by atoms with van der Waals surface area (Å²) in [5, 5.41) is 7.77. The fourth-order valence-corrected chi connectivity index (χ4v) is 2.31. The first kappa shape index (κ1) is 19.6. The summed E-state index contributed by atoms with van der Waals surface area (Å²) in [4.78, 5) is 10.4. The van der Waals surface area contributed by atoms with Gasteiger partial charge < -0.3 is 10.6 Å². The molecule has 116 valence electrons. The summed E-state index contributed by atoms with van der Waals surface area (Å²) in [6, 6.07) is 0.401. The molecule has 6 heteroatoms. The van der Waals surface area contributed by atoms with Crippen LogP contribution in [0.5, 0.6) is 0 Å². The maximum Gasteiger partial charge on any atom is 0.191 e. The molecule has 20 heavy (non-hydrogen) atoms. The second-order valence-electron chi connectivity index (χ2n) is 5.12. The predicted octanol–water partition coefficient (Wildman–Crippen LogP) is 3.48. The number of nitrogens with zero attached hydrogens (tertiary/aromatic N) is 2. The van der Waals surface area contributed by atoms with Gasteiger partial charge in [0.1, 0.15) is 5.01 Å². The van der Waals surface area contributed by atoms with Gasteiger partial charge in [0, 0.05) is 17.5 Å². The van der Waals surface area contributed by atoms with Gasteiger partial charge in [0.15, 0.2) is 5.96 Å². The maximum absolute atomic E-state index is 4.60. The van der Waals surface area contributed by atoms with Crippen LogP contribution < -0.4 is 10.6 Å². The highest BCUT2D eigenvalue weighted by atomic mass is 127. The Balaban J connectivity index is 0.00000361. The number of hydrogen-bond acceptors (Lipinski definition) is 3. The lowest BCUT2D eigenvalue weighted by Crippen LogP contribution is -2.44. The molecule has 0 saturated heterocycles. The Kier molecular flexibility index (Phi) is 9.37. The highest BCUT2D eigenvalue weighted by Gasteiger charge is 2.09. The second kappa shape index (κ2) is 9.55. The van der Waals surface area contributed by atoms with Crippen molar-refractivity contribution < 1.29 is 0 Å². The van der Waals surface area contributed by atoms with E-state index in [9.17, 15) is 0 Å². The van der Waals surface area contributed by atoms with Gasteiger partial charge in [0.05, 0.1) is 12.2 Å². The summed E-state index contributed by atoms with van der Waals surface area (Å²) in [5.74, 6) is 1.45. The minimum Gasteiger partial charge on any atom is -0.357 e. The zero-order valence-electron chi connectivity index (χ0n) is 13.3. The summed E-state index contributed by atoms with van der Waals surface area (Å²) >= 11 is 1.73. The largest absolute Gasteiger partial charge is 0.357 e. The van der Waals surface area contributed by atoms with Crippen molar-refractivity contribution in [3.8, 4) is 0 Å². The van der Waals surface area contributed by atoms with E-state index in [2.05, 4.69) is 55.2 Å². The van der Waals surface area contributed by atoms with Gasteiger partial charge >= 0.3 is 0 Å². The predicted molar refractivity (Wildman–Crippen MR) is 99.3 cm³/mol. The summed E-state index contributed by atoms with van der Waals surface area (Å²) in [6.45, 7) is 14.3. The molecule has 2 N–H and O–H groups in total. The van der Waals surface area contributed by atoms with E-state index >= 15 is 0 Å². The van der Waals surface area contributed by atoms with Crippen molar-refractivity contribution in [1.82, 2.24) is 15.6 Å². The molecule has 0 aliphatic rings. The molecule has 0 radical (unpaired) electrons. The number of aliphatic imine (C=N–C) groups is 1. The topological polar surface area (TPSA) is 49.3 Å². The van der Waals surface area contributed by atoms with Crippen molar-refractivity contribution in [1.29, 1.82) is 0 Å². The molecule has 0 saturated carbocycles. The molecule has 0 aliphatic carbocycles. The van der Waals surface area contributed by atoms with Crippen molar-refractivity contribution >= 4 is 41.3 Å². The molecule has 1 aromatic heterocycles. The zero-order valence-corrected chi connectivity index (χ0v) is 16.4. The molecule has 0 amide bonds. The lowest BCUT2D eigenvalue weighted by atomic mass is 10.1. The van der Waals surface area contributed by atoms with E-state index in [1.165, 1.54) is 4.88 Å². The van der Waals surface area contributed by atoms with Gasteiger partial charge in [-0.05, 0) is 33.6 Å². The molecule has 0 bridgehead atoms. The number of aryl methyl sites for hydroxylation is 2. The van der Waals surface area contributed by atoms with Crippen molar-refractivity contribution in [3.05, 3.63) is 15.6 Å². The van der Waals surface area contributed by atoms with Crippen molar-refractivity contribution in [2.45, 2.75) is 54.1 Å². The summed E-state index contributed by atoms with van der Waals surface area (Å²) in [5.41, 5.74) is 1.11. The van der Waals surface area contributed by atoms with E-state index < -0.39 is 0 Å². The van der Waals surface area contributed by atoms with Gasteiger partial charge in [-0.2, -0.15) is 0 Å². The Morgan fingerprint density at radius 3 is 2.40 bits per heavy atom. The van der Waals surface area contributed by atoms with Crippen LogP contribution in [0.1, 0.15) is 43.3 Å². The van der Waals surface area contributed by atoms with Crippen LogP contribution in [0.3, 0.4) is 0 Å². The first-order valence-electron chi connectivity index (χ1n) is 6.91. The number of guanidine groups is 1. The molecule has 0 aromatic carbocycles. The highest BCUT2D eigenvalue weighted by molar-refractivity contribution is 14.0. The van der Waals surface area contributed by atoms with E-state index in [4.69, 9.17) is 0 Å². The Morgan fingerprint density at radius 1 is 1.30 bits per heavy atom. The van der Waals surface area contributed by atoms with E-state index in [1.54, 1.807) is 11.3 Å². The molecular formula is C14H27IN4S. The van der Waals surface area contributed by atoms with Crippen LogP contribution in [0.2, 0.25) is 0 Å². The van der Waals surface area contributed by atoms with Crippen molar-refractivity contribution in [3.63, 3.8) is 0 Å². The standard InChI is InChI=1S/C14H26N4S.HI/c1-7-15-14(18-10(4)9(2)3)16-8-13-17-11(5)12(6)19-13;/h9-10H,7-8H2,1-6H3,(H2,15,16,18);1H. The van der Waals surface area contributed by atoms with Gasteiger partial charge in [0.2, 0.25) is 0 Å². The lowest BCUT2D eigenvalue weighted by Gasteiger charge is -2.20. The van der Waals surface area contributed by atoms with Crippen LogP contribution in [0.25, 0.3) is 0 Å². The number of hydrogen-bond donors (Lipinski definition) is 2. The molecule has 1 aromatic rings. The summed E-state index contributed by atoms with van der Waals surface area (Å²) in [7, 11) is 0. The Hall–Kier alpha value is -0.370. The fourth-order valence-electron chi connectivity index (χ4n) is 1.46. The molecule has 0 aliphatic heterocycles. The minimum atomic E-state index is 0. The SMILES string of the molecule is CCNC(=NCc1nc(C)c(C)s1)NC(C)C(C)C.I. The molecule has 1 heterocycles. The molecular weight excluding hydrogens is 383 g/mol. The van der Waals surface area contributed by atoms with Gasteiger partial charge in [-0.15, -0.1) is 35.3 Å². The first-order valence-corrected chi connectivity index (χ1v) is 7.73. The number of nitrogens with one attached hydrogen (secondary N) is 2. The molecule has 1 unspecified atom stereocenters. The van der Waals surface area contributed by atoms with Gasteiger partial charge in [-0.1, -0.05) is 13.8 Å². The van der Waals surface area contributed by atoms with Gasteiger partial charge in [0.25, 0.3) is 0 Å². The van der Waals surface area contributed by atoms with E-state index in [0.29, 0.717) is 18.5 Å². The van der Waals surface area contributed by atoms with Crippen LogP contribution in [-0.2, 0) is 6.54 Å². The van der Waals surface area contributed by atoms with Crippen LogP contribution in [0, 0.1) is 19.8 Å². The third-order valence-electron chi connectivity index (χ3n) is 3.15. The summed E-state index contributed by atoms with van der Waals surface area (Å²) in [6.07, 6.45) is 0. The van der Waals surface area contributed by atoms with Crippen LogP contribution >= 0.6 is 35.3 Å². The average Bonchev–Trinajstić information content (AvgIpc) is 2.66. The van der Waals surface area contributed by atoms with Crippen LogP contribution in [-0.4, -0.2) is 23.5 Å². The number of rotatable bonds is 5. The molecule has 1 atom stereocenters. The zero-order chi connectivity index (χ0) is 14.4. The van der Waals surface area contributed by atoms with E-state index in [0.717, 1.165) is 23.2 Å². The molecule has 0 fully saturated rings. The highest BCUT2D eigenvalue weighted by Crippen LogP contribution is 2.16. The third kappa shape index (κ3) is 6.39. The van der Waals surface area contributed by atoms with Gasteiger partial charge in [-0.3, -0.25) is 0 Å². The normalized spacial score (nSPS) is 13.1. The van der Waals surface area contributed by atoms with Crippen LogP contribution in [0.4, 0.5) is 0 Å². The Labute approximate surface area is 143 Å². The Bertz CT molecular complexity index is 409. The Morgan fingerprint density at radius 2 is 1.95 bits per heavy atom. The van der Waals surface area contributed by atoms with Crippen molar-refractivity contribution in [2.24, 2.45) is 10.9 Å². The molecule has 1 rings (SSSR count). The van der Waals surface area contributed by atoms with E-state index in [1.807, 2.05) is 6.92 Å².